The van der Waals surface area contributed by atoms with Crippen molar-refractivity contribution in [3.05, 3.63) is 47.6 Å². The van der Waals surface area contributed by atoms with E-state index in [-0.39, 0.29) is 12.1 Å². The molecule has 0 N–H and O–H groups in total. The molecule has 4 rings (SSSR count). The Bertz CT molecular complexity index is 624. The predicted octanol–water partition coefficient (Wildman–Crippen LogP) is 3.08. The monoisotopic (exact) mass is 299 g/mol. The van der Waals surface area contributed by atoms with E-state index in [4.69, 9.17) is 9.26 Å². The smallest absolute Gasteiger partial charge is 0.243 e. The van der Waals surface area contributed by atoms with Crippen LogP contribution in [-0.4, -0.2) is 34.7 Å². The van der Waals surface area contributed by atoms with E-state index in [1.54, 1.807) is 0 Å². The molecule has 2 aliphatic rings. The molecule has 0 bridgehead atoms. The van der Waals surface area contributed by atoms with Crippen LogP contribution in [0, 0.1) is 0 Å². The molecule has 0 radical (unpaired) electrons. The maximum atomic E-state index is 5.93. The first kappa shape index (κ1) is 13.9. The highest BCUT2D eigenvalue weighted by Crippen LogP contribution is 2.39. The van der Waals surface area contributed by atoms with E-state index in [1.165, 1.54) is 18.4 Å². The molecule has 22 heavy (non-hydrogen) atoms. The Kier molecular flexibility index (Phi) is 3.68. The van der Waals surface area contributed by atoms with Crippen molar-refractivity contribution < 1.29 is 9.26 Å². The van der Waals surface area contributed by atoms with Gasteiger partial charge in [0, 0.05) is 19.0 Å². The molecule has 0 unspecified atom stereocenters. The summed E-state index contributed by atoms with van der Waals surface area (Å²) in [5.41, 5.74) is 1.23. The van der Waals surface area contributed by atoms with Crippen molar-refractivity contribution in [1.29, 1.82) is 0 Å². The molecule has 1 saturated carbocycles. The third-order valence-corrected chi connectivity index (χ3v) is 4.57. The minimum atomic E-state index is 0.114. The van der Waals surface area contributed by atoms with E-state index in [0.29, 0.717) is 5.92 Å². The fourth-order valence-electron chi connectivity index (χ4n) is 2.97. The minimum absolute atomic E-state index is 0.114. The third-order valence-electron chi connectivity index (χ3n) is 4.57. The second kappa shape index (κ2) is 5.82. The summed E-state index contributed by atoms with van der Waals surface area (Å²) in [4.78, 5) is 6.95. The van der Waals surface area contributed by atoms with Gasteiger partial charge >= 0.3 is 0 Å². The normalized spacial score (nSPS) is 24.3. The summed E-state index contributed by atoms with van der Waals surface area (Å²) >= 11 is 0. The summed E-state index contributed by atoms with van der Waals surface area (Å²) in [6.45, 7) is 4.61. The van der Waals surface area contributed by atoms with Crippen molar-refractivity contribution in [1.82, 2.24) is 15.0 Å². The quantitative estimate of drug-likeness (QED) is 0.868. The second-order valence-electron chi connectivity index (χ2n) is 6.21. The van der Waals surface area contributed by atoms with Crippen molar-refractivity contribution >= 4 is 0 Å². The van der Waals surface area contributed by atoms with Crippen LogP contribution < -0.4 is 0 Å². The Morgan fingerprint density at radius 3 is 2.82 bits per heavy atom. The van der Waals surface area contributed by atoms with E-state index in [2.05, 4.69) is 46.2 Å². The molecule has 1 aliphatic heterocycles. The van der Waals surface area contributed by atoms with Gasteiger partial charge in [-0.1, -0.05) is 35.5 Å². The first-order chi connectivity index (χ1) is 10.8. The van der Waals surface area contributed by atoms with Crippen LogP contribution in [0.4, 0.5) is 0 Å². The summed E-state index contributed by atoms with van der Waals surface area (Å²) in [6, 6.07) is 10.5. The van der Waals surface area contributed by atoms with Crippen LogP contribution in [0.5, 0.6) is 0 Å². The molecular weight excluding hydrogens is 278 g/mol. The first-order valence-corrected chi connectivity index (χ1v) is 8.05. The van der Waals surface area contributed by atoms with Gasteiger partial charge in [-0.3, -0.25) is 4.90 Å². The average molecular weight is 299 g/mol. The van der Waals surface area contributed by atoms with Crippen molar-refractivity contribution in [2.24, 2.45) is 0 Å². The summed E-state index contributed by atoms with van der Waals surface area (Å²) in [6.07, 6.45) is 2.50. The Labute approximate surface area is 130 Å². The molecule has 5 heteroatoms. The number of hydrogen-bond donors (Lipinski definition) is 0. The van der Waals surface area contributed by atoms with Crippen molar-refractivity contribution in [3.63, 3.8) is 0 Å². The second-order valence-corrected chi connectivity index (χ2v) is 6.21. The van der Waals surface area contributed by atoms with Crippen molar-refractivity contribution in [2.45, 2.75) is 37.8 Å². The topological polar surface area (TPSA) is 51.4 Å². The lowest BCUT2D eigenvalue weighted by molar-refractivity contribution is -0.0469. The van der Waals surface area contributed by atoms with Crippen LogP contribution in [0.1, 0.15) is 55.1 Å². The SMILES string of the molecule is C[C@@H](c1nc(C2CC2)no1)N1CCO[C@H](c2ccccc2)C1. The van der Waals surface area contributed by atoms with Crippen molar-refractivity contribution in [3.8, 4) is 0 Å². The van der Waals surface area contributed by atoms with Gasteiger partial charge in [0.1, 0.15) is 0 Å². The van der Waals surface area contributed by atoms with Crippen LogP contribution >= 0.6 is 0 Å². The molecule has 116 valence electrons. The molecule has 1 saturated heterocycles. The lowest BCUT2D eigenvalue weighted by Crippen LogP contribution is -2.40. The molecule has 2 heterocycles. The summed E-state index contributed by atoms with van der Waals surface area (Å²) in [5, 5.41) is 4.13. The van der Waals surface area contributed by atoms with Crippen LogP contribution in [0.15, 0.2) is 34.9 Å². The van der Waals surface area contributed by atoms with Gasteiger partial charge in [-0.05, 0) is 25.3 Å². The van der Waals surface area contributed by atoms with E-state index in [0.717, 1.165) is 31.4 Å². The maximum Gasteiger partial charge on any atom is 0.243 e. The molecule has 2 atom stereocenters. The van der Waals surface area contributed by atoms with Gasteiger partial charge in [0.2, 0.25) is 5.89 Å². The summed E-state index contributed by atoms with van der Waals surface area (Å²) in [7, 11) is 0. The largest absolute Gasteiger partial charge is 0.371 e. The van der Waals surface area contributed by atoms with Gasteiger partial charge in [-0.25, -0.2) is 0 Å². The van der Waals surface area contributed by atoms with Crippen LogP contribution in [0.2, 0.25) is 0 Å². The minimum Gasteiger partial charge on any atom is -0.371 e. The van der Waals surface area contributed by atoms with Gasteiger partial charge in [0.15, 0.2) is 5.82 Å². The lowest BCUT2D eigenvalue weighted by Gasteiger charge is -2.35. The highest BCUT2D eigenvalue weighted by atomic mass is 16.5. The summed E-state index contributed by atoms with van der Waals surface area (Å²) in [5.74, 6) is 2.15. The predicted molar refractivity (Wildman–Crippen MR) is 81.4 cm³/mol. The number of benzene rings is 1. The molecule has 1 aromatic heterocycles. The number of aromatic nitrogens is 2. The molecular formula is C17H21N3O2. The number of ether oxygens (including phenoxy) is 1. The molecule has 0 amide bonds. The number of nitrogens with zero attached hydrogens (tertiary/aromatic N) is 3. The van der Waals surface area contributed by atoms with Gasteiger partial charge < -0.3 is 9.26 Å². The zero-order valence-electron chi connectivity index (χ0n) is 12.8. The zero-order valence-corrected chi connectivity index (χ0v) is 12.8. The molecule has 0 spiro atoms. The molecule has 2 fully saturated rings. The Morgan fingerprint density at radius 2 is 2.05 bits per heavy atom. The maximum absolute atomic E-state index is 5.93. The van der Waals surface area contributed by atoms with Gasteiger partial charge in [-0.15, -0.1) is 0 Å². The number of rotatable bonds is 4. The van der Waals surface area contributed by atoms with E-state index in [1.807, 2.05) is 6.07 Å². The molecule has 1 aromatic carbocycles. The fourth-order valence-corrected chi connectivity index (χ4v) is 2.97. The fraction of sp³-hybridized carbons (Fsp3) is 0.529. The number of hydrogen-bond acceptors (Lipinski definition) is 5. The van der Waals surface area contributed by atoms with E-state index < -0.39 is 0 Å². The number of morpholine rings is 1. The lowest BCUT2D eigenvalue weighted by atomic mass is 10.1. The first-order valence-electron chi connectivity index (χ1n) is 8.05. The zero-order chi connectivity index (χ0) is 14.9. The third kappa shape index (κ3) is 2.78. The van der Waals surface area contributed by atoms with Crippen LogP contribution in [0.3, 0.4) is 0 Å². The molecule has 2 aromatic rings. The van der Waals surface area contributed by atoms with Crippen molar-refractivity contribution in [2.75, 3.05) is 19.7 Å². The highest BCUT2D eigenvalue weighted by Gasteiger charge is 2.32. The van der Waals surface area contributed by atoms with Gasteiger partial charge in [0.05, 0.1) is 18.8 Å². The molecule has 5 nitrogen and oxygen atoms in total. The van der Waals surface area contributed by atoms with E-state index >= 15 is 0 Å². The van der Waals surface area contributed by atoms with Gasteiger partial charge in [0.25, 0.3) is 0 Å². The highest BCUT2D eigenvalue weighted by molar-refractivity contribution is 5.18. The van der Waals surface area contributed by atoms with E-state index in [9.17, 15) is 0 Å². The standard InChI is InChI=1S/C17H21N3O2/c1-12(17-18-16(19-22-17)14-7-8-14)20-9-10-21-15(11-20)13-5-3-2-4-6-13/h2-6,12,14-15H,7-11H2,1H3/t12-,15-/m0/s1. The molecule has 1 aliphatic carbocycles. The van der Waals surface area contributed by atoms with Gasteiger partial charge in [-0.2, -0.15) is 4.98 Å². The van der Waals surface area contributed by atoms with Crippen LogP contribution in [-0.2, 0) is 4.74 Å². The van der Waals surface area contributed by atoms with Crippen LogP contribution in [0.25, 0.3) is 0 Å². The summed E-state index contributed by atoms with van der Waals surface area (Å²) < 4.78 is 11.4. The Hall–Kier alpha value is -1.72. The average Bonchev–Trinajstić information content (AvgIpc) is 3.32. The Balaban J connectivity index is 1.46. The Morgan fingerprint density at radius 1 is 1.23 bits per heavy atom.